The van der Waals surface area contributed by atoms with Crippen LogP contribution in [0.5, 0.6) is 5.95 Å². The Morgan fingerprint density at radius 2 is 1.71 bits per heavy atom. The maximum absolute atomic E-state index is 12.5. The van der Waals surface area contributed by atoms with E-state index in [4.69, 9.17) is 13.9 Å². The highest BCUT2D eigenvalue weighted by molar-refractivity contribution is 5.57. The Morgan fingerprint density at radius 1 is 1.06 bits per heavy atom. The lowest BCUT2D eigenvalue weighted by Gasteiger charge is -2.13. The van der Waals surface area contributed by atoms with Crippen LogP contribution in [0.15, 0.2) is 74.0 Å². The molecule has 1 atom stereocenters. The second kappa shape index (κ2) is 11.1. The number of nitro groups is 1. The van der Waals surface area contributed by atoms with Crippen LogP contribution in [0.4, 0.5) is 5.69 Å². The molecule has 1 aliphatic heterocycles. The summed E-state index contributed by atoms with van der Waals surface area (Å²) in [7, 11) is 1.48. The molecule has 1 fully saturated rings. The van der Waals surface area contributed by atoms with Gasteiger partial charge in [-0.05, 0) is 57.9 Å². The van der Waals surface area contributed by atoms with Gasteiger partial charge in [-0.15, -0.1) is 0 Å². The molecule has 0 spiro atoms. The number of allylic oxidation sites excluding steroid dienone is 6. The van der Waals surface area contributed by atoms with Gasteiger partial charge in [-0.2, -0.15) is 0 Å². The lowest BCUT2D eigenvalue weighted by molar-refractivity contribution is -0.384. The standard InChI is InChI=1S/C28H31NO6/c1-17(11-18(2)13-22-7-9-24(10-8-22)29(31)32)12-19(3)14-23-15-25(34-16-23)27-20(4)26(30)21(5)28(33-6)35-27/h7-14,25H,15-16H2,1-6H3/b17-11+,18-13+,19-12+,23-14?/t25-/m1/s1. The highest BCUT2D eigenvalue weighted by atomic mass is 16.6. The van der Waals surface area contributed by atoms with Gasteiger partial charge in [0.25, 0.3) is 11.6 Å². The van der Waals surface area contributed by atoms with Gasteiger partial charge in [-0.1, -0.05) is 41.0 Å². The van der Waals surface area contributed by atoms with Crippen molar-refractivity contribution in [3.8, 4) is 5.95 Å². The first-order valence-electron chi connectivity index (χ1n) is 11.4. The number of hydrogen-bond donors (Lipinski definition) is 0. The Morgan fingerprint density at radius 3 is 2.34 bits per heavy atom. The zero-order valence-corrected chi connectivity index (χ0v) is 21.0. The normalized spacial score (nSPS) is 18.3. The first kappa shape index (κ1) is 25.9. The molecule has 7 heteroatoms. The fourth-order valence-electron chi connectivity index (χ4n) is 4.19. The summed E-state index contributed by atoms with van der Waals surface area (Å²) in [5.74, 6) is 0.746. The van der Waals surface area contributed by atoms with Crippen LogP contribution in [0.1, 0.15) is 55.7 Å². The number of rotatable bonds is 7. The largest absolute Gasteiger partial charge is 0.468 e. The van der Waals surface area contributed by atoms with Crippen molar-refractivity contribution in [3.63, 3.8) is 0 Å². The Balaban J connectivity index is 1.71. The number of nitrogens with zero attached hydrogens (tertiary/aromatic N) is 1. The maximum atomic E-state index is 12.5. The van der Waals surface area contributed by atoms with Crippen molar-refractivity contribution in [2.75, 3.05) is 13.7 Å². The molecular formula is C28H31NO6. The summed E-state index contributed by atoms with van der Waals surface area (Å²) in [6, 6.07) is 6.48. The summed E-state index contributed by atoms with van der Waals surface area (Å²) in [6.45, 7) is 9.97. The molecular weight excluding hydrogens is 446 g/mol. The van der Waals surface area contributed by atoms with E-state index in [0.29, 0.717) is 29.9 Å². The molecule has 1 aromatic heterocycles. The average molecular weight is 478 g/mol. The van der Waals surface area contributed by atoms with Gasteiger partial charge in [0.15, 0.2) is 5.43 Å². The van der Waals surface area contributed by atoms with Crippen LogP contribution >= 0.6 is 0 Å². The van der Waals surface area contributed by atoms with E-state index in [1.54, 1.807) is 26.0 Å². The van der Waals surface area contributed by atoms with Crippen molar-refractivity contribution in [2.45, 2.75) is 47.1 Å². The fraction of sp³-hybridized carbons (Fsp3) is 0.321. The molecule has 0 aliphatic carbocycles. The van der Waals surface area contributed by atoms with Crippen LogP contribution < -0.4 is 10.2 Å². The first-order chi connectivity index (χ1) is 16.6. The zero-order chi connectivity index (χ0) is 25.7. The number of methoxy groups -OCH3 is 1. The average Bonchev–Trinajstić information content (AvgIpc) is 3.25. The maximum Gasteiger partial charge on any atom is 0.291 e. The van der Waals surface area contributed by atoms with E-state index in [-0.39, 0.29) is 23.2 Å². The quantitative estimate of drug-likeness (QED) is 0.255. The molecule has 184 valence electrons. The first-order valence-corrected chi connectivity index (χ1v) is 11.4. The third-order valence-corrected chi connectivity index (χ3v) is 5.80. The molecule has 2 heterocycles. The molecule has 1 aliphatic rings. The van der Waals surface area contributed by atoms with Crippen LogP contribution in [0.2, 0.25) is 0 Å². The van der Waals surface area contributed by atoms with Gasteiger partial charge in [0.1, 0.15) is 11.9 Å². The predicted molar refractivity (Wildman–Crippen MR) is 137 cm³/mol. The second-order valence-corrected chi connectivity index (χ2v) is 8.86. The Labute approximate surface area is 205 Å². The molecule has 35 heavy (non-hydrogen) atoms. The molecule has 0 amide bonds. The summed E-state index contributed by atoms with van der Waals surface area (Å²) in [4.78, 5) is 22.9. The smallest absolute Gasteiger partial charge is 0.291 e. The molecule has 3 rings (SSSR count). The van der Waals surface area contributed by atoms with Gasteiger partial charge in [0.05, 0.1) is 24.2 Å². The highest BCUT2D eigenvalue weighted by Crippen LogP contribution is 2.35. The number of hydrogen-bond acceptors (Lipinski definition) is 6. The minimum Gasteiger partial charge on any atom is -0.468 e. The predicted octanol–water partition coefficient (Wildman–Crippen LogP) is 6.56. The van der Waals surface area contributed by atoms with Crippen molar-refractivity contribution in [3.05, 3.63) is 108 Å². The van der Waals surface area contributed by atoms with Gasteiger partial charge in [-0.3, -0.25) is 14.9 Å². The van der Waals surface area contributed by atoms with Crippen molar-refractivity contribution in [1.82, 2.24) is 0 Å². The molecule has 1 saturated heterocycles. The van der Waals surface area contributed by atoms with E-state index in [9.17, 15) is 14.9 Å². The third-order valence-electron chi connectivity index (χ3n) is 5.80. The van der Waals surface area contributed by atoms with E-state index in [2.05, 4.69) is 18.2 Å². The number of ether oxygens (including phenoxy) is 2. The van der Waals surface area contributed by atoms with Gasteiger partial charge < -0.3 is 13.9 Å². The van der Waals surface area contributed by atoms with E-state index < -0.39 is 4.92 Å². The van der Waals surface area contributed by atoms with Gasteiger partial charge in [-0.25, -0.2) is 0 Å². The Bertz CT molecular complexity index is 1290. The summed E-state index contributed by atoms with van der Waals surface area (Å²) in [6.07, 6.45) is 8.56. The van der Waals surface area contributed by atoms with Crippen LogP contribution in [0.25, 0.3) is 6.08 Å². The van der Waals surface area contributed by atoms with Gasteiger partial charge in [0.2, 0.25) is 0 Å². The lowest BCUT2D eigenvalue weighted by Crippen LogP contribution is -2.15. The van der Waals surface area contributed by atoms with Crippen molar-refractivity contribution in [1.29, 1.82) is 0 Å². The monoisotopic (exact) mass is 477 g/mol. The van der Waals surface area contributed by atoms with Crippen molar-refractivity contribution < 1.29 is 18.8 Å². The minimum atomic E-state index is -0.404. The molecule has 0 N–H and O–H groups in total. The van der Waals surface area contributed by atoms with E-state index in [1.165, 1.54) is 19.2 Å². The summed E-state index contributed by atoms with van der Waals surface area (Å²) < 4.78 is 17.0. The van der Waals surface area contributed by atoms with Gasteiger partial charge >= 0.3 is 0 Å². The number of non-ortho nitro benzene ring substituents is 1. The van der Waals surface area contributed by atoms with Gasteiger partial charge in [0, 0.05) is 24.1 Å². The fourth-order valence-corrected chi connectivity index (χ4v) is 4.19. The van der Waals surface area contributed by atoms with Crippen LogP contribution in [-0.4, -0.2) is 18.6 Å². The van der Waals surface area contributed by atoms with E-state index in [0.717, 1.165) is 27.9 Å². The molecule has 2 aromatic rings. The minimum absolute atomic E-state index is 0.0788. The molecule has 0 unspecified atom stereocenters. The van der Waals surface area contributed by atoms with Crippen LogP contribution in [0, 0.1) is 24.0 Å². The third kappa shape index (κ3) is 6.45. The SMILES string of the molecule is COc1oc([C@H]2CC(=C/C(C)=C/C(C)=C/C(C)=C/c3ccc([N+](=O)[O-])cc3)CO2)c(C)c(=O)c1C. The Kier molecular flexibility index (Phi) is 8.25. The molecule has 0 saturated carbocycles. The molecule has 7 nitrogen and oxygen atoms in total. The van der Waals surface area contributed by atoms with Crippen LogP contribution in [0.3, 0.4) is 0 Å². The lowest BCUT2D eigenvalue weighted by atomic mass is 10.0. The Hall–Kier alpha value is -3.71. The summed E-state index contributed by atoms with van der Waals surface area (Å²) >= 11 is 0. The summed E-state index contributed by atoms with van der Waals surface area (Å²) in [5, 5.41) is 10.8. The van der Waals surface area contributed by atoms with E-state index in [1.807, 2.05) is 26.8 Å². The summed E-state index contributed by atoms with van der Waals surface area (Å²) in [5.41, 5.74) is 6.23. The van der Waals surface area contributed by atoms with Crippen LogP contribution in [-0.2, 0) is 4.74 Å². The number of benzene rings is 1. The highest BCUT2D eigenvalue weighted by Gasteiger charge is 2.28. The zero-order valence-electron chi connectivity index (χ0n) is 21.0. The molecule has 0 radical (unpaired) electrons. The molecule has 1 aromatic carbocycles. The van der Waals surface area contributed by atoms with E-state index >= 15 is 0 Å². The number of nitro benzene ring substituents is 1. The topological polar surface area (TPSA) is 91.8 Å². The van der Waals surface area contributed by atoms with Crippen molar-refractivity contribution >= 4 is 11.8 Å². The van der Waals surface area contributed by atoms with Crippen molar-refractivity contribution in [2.24, 2.45) is 0 Å². The second-order valence-electron chi connectivity index (χ2n) is 8.86. The molecule has 0 bridgehead atoms.